The molecule has 0 spiro atoms. The lowest BCUT2D eigenvalue weighted by atomic mass is 9.85. The first kappa shape index (κ1) is 20.3. The molecule has 0 heterocycles. The van der Waals surface area contributed by atoms with Crippen molar-refractivity contribution in [2.24, 2.45) is 5.73 Å². The van der Waals surface area contributed by atoms with Gasteiger partial charge >= 0.3 is 0 Å². The van der Waals surface area contributed by atoms with E-state index in [0.717, 1.165) is 5.56 Å². The van der Waals surface area contributed by atoms with Crippen molar-refractivity contribution >= 4 is 33.2 Å². The SMILES string of the molecule is Cc1cc(C(C)(C)C)cc(C)c1S(=O)(=O)Nc1ccc(C(N)=O)c(Cl)c1. The molecule has 0 radical (unpaired) electrons. The highest BCUT2D eigenvalue weighted by molar-refractivity contribution is 7.92. The van der Waals surface area contributed by atoms with Crippen molar-refractivity contribution in [2.75, 3.05) is 4.72 Å². The zero-order valence-electron chi connectivity index (χ0n) is 15.5. The van der Waals surface area contributed by atoms with Crippen molar-refractivity contribution in [1.29, 1.82) is 0 Å². The van der Waals surface area contributed by atoms with Crippen LogP contribution in [0.3, 0.4) is 0 Å². The van der Waals surface area contributed by atoms with Crippen LogP contribution in [0.15, 0.2) is 35.2 Å². The van der Waals surface area contributed by atoms with E-state index in [-0.39, 0.29) is 26.6 Å². The second-order valence-electron chi connectivity index (χ2n) is 7.35. The van der Waals surface area contributed by atoms with Gasteiger partial charge in [0.2, 0.25) is 5.91 Å². The summed E-state index contributed by atoms with van der Waals surface area (Å²) in [6.45, 7) is 9.79. The Bertz CT molecular complexity index is 954. The molecule has 0 aliphatic heterocycles. The van der Waals surface area contributed by atoms with Gasteiger partial charge in [0, 0.05) is 0 Å². The van der Waals surface area contributed by atoms with Gasteiger partial charge in [0.25, 0.3) is 10.0 Å². The molecule has 0 unspecified atom stereocenters. The molecule has 0 bridgehead atoms. The van der Waals surface area contributed by atoms with E-state index in [1.54, 1.807) is 13.8 Å². The zero-order chi connectivity index (χ0) is 19.9. The molecular formula is C19H23ClN2O3S. The van der Waals surface area contributed by atoms with E-state index in [9.17, 15) is 13.2 Å². The first-order valence-corrected chi connectivity index (χ1v) is 9.93. The minimum atomic E-state index is -3.81. The van der Waals surface area contributed by atoms with Crippen molar-refractivity contribution in [3.8, 4) is 0 Å². The monoisotopic (exact) mass is 394 g/mol. The number of rotatable bonds is 4. The van der Waals surface area contributed by atoms with Crippen LogP contribution < -0.4 is 10.5 Å². The number of carbonyl (C=O) groups is 1. The van der Waals surface area contributed by atoms with Crippen LogP contribution in [-0.2, 0) is 15.4 Å². The maximum Gasteiger partial charge on any atom is 0.262 e. The fourth-order valence-corrected chi connectivity index (χ4v) is 4.57. The molecule has 2 rings (SSSR count). The Hall–Kier alpha value is -2.05. The molecule has 0 saturated carbocycles. The topological polar surface area (TPSA) is 89.3 Å². The summed E-state index contributed by atoms with van der Waals surface area (Å²) in [4.78, 5) is 11.5. The summed E-state index contributed by atoms with van der Waals surface area (Å²) in [5.41, 5.74) is 7.94. The second kappa shape index (κ2) is 6.93. The van der Waals surface area contributed by atoms with Gasteiger partial charge in [-0.2, -0.15) is 0 Å². The van der Waals surface area contributed by atoms with Crippen LogP contribution in [0.4, 0.5) is 5.69 Å². The molecule has 2 aromatic carbocycles. The Labute approximate surface area is 159 Å². The fraction of sp³-hybridized carbons (Fsp3) is 0.316. The van der Waals surface area contributed by atoms with Gasteiger partial charge in [-0.1, -0.05) is 44.5 Å². The molecule has 3 N–H and O–H groups in total. The number of nitrogens with one attached hydrogen (secondary N) is 1. The fourth-order valence-electron chi connectivity index (χ4n) is 2.79. The molecular weight excluding hydrogens is 372 g/mol. The molecule has 1 amide bonds. The largest absolute Gasteiger partial charge is 0.366 e. The van der Waals surface area contributed by atoms with Gasteiger partial charge in [-0.25, -0.2) is 8.42 Å². The zero-order valence-corrected chi connectivity index (χ0v) is 17.0. The van der Waals surface area contributed by atoms with Crippen molar-refractivity contribution < 1.29 is 13.2 Å². The minimum absolute atomic E-state index is 0.0800. The molecule has 0 aliphatic rings. The van der Waals surface area contributed by atoms with Crippen LogP contribution in [0.1, 0.15) is 47.8 Å². The van der Waals surface area contributed by atoms with E-state index in [1.807, 2.05) is 12.1 Å². The first-order chi connectivity index (χ1) is 11.8. The molecule has 26 heavy (non-hydrogen) atoms. The Morgan fingerprint density at radius 2 is 1.62 bits per heavy atom. The number of aryl methyl sites for hydroxylation is 2. The van der Waals surface area contributed by atoms with Crippen LogP contribution in [0.25, 0.3) is 0 Å². The van der Waals surface area contributed by atoms with Crippen molar-refractivity contribution in [2.45, 2.75) is 44.9 Å². The highest BCUT2D eigenvalue weighted by Crippen LogP contribution is 2.30. The number of primary amides is 1. The van der Waals surface area contributed by atoms with Gasteiger partial charge < -0.3 is 5.73 Å². The molecule has 7 heteroatoms. The number of benzene rings is 2. The van der Waals surface area contributed by atoms with E-state index < -0.39 is 15.9 Å². The van der Waals surface area contributed by atoms with E-state index in [0.29, 0.717) is 11.1 Å². The second-order valence-corrected chi connectivity index (χ2v) is 9.38. The predicted octanol–water partition coefficient (Wildman–Crippen LogP) is 4.15. The molecule has 0 saturated heterocycles. The van der Waals surface area contributed by atoms with Gasteiger partial charge in [-0.05, 0) is 54.2 Å². The van der Waals surface area contributed by atoms with Crippen LogP contribution in [0, 0.1) is 13.8 Å². The Morgan fingerprint density at radius 1 is 1.08 bits per heavy atom. The summed E-state index contributed by atoms with van der Waals surface area (Å²) >= 11 is 6.00. The Morgan fingerprint density at radius 3 is 2.04 bits per heavy atom. The molecule has 0 fully saturated rings. The summed E-state index contributed by atoms with van der Waals surface area (Å²) in [5.74, 6) is -0.672. The molecule has 140 valence electrons. The van der Waals surface area contributed by atoms with Gasteiger partial charge in [0.1, 0.15) is 0 Å². The van der Waals surface area contributed by atoms with Crippen LogP contribution in [-0.4, -0.2) is 14.3 Å². The van der Waals surface area contributed by atoms with Gasteiger partial charge in [0.05, 0.1) is 21.2 Å². The lowest BCUT2D eigenvalue weighted by molar-refractivity contribution is 0.100. The lowest BCUT2D eigenvalue weighted by Gasteiger charge is -2.22. The summed E-state index contributed by atoms with van der Waals surface area (Å²) in [6, 6.07) is 8.01. The quantitative estimate of drug-likeness (QED) is 0.816. The van der Waals surface area contributed by atoms with Gasteiger partial charge in [0.15, 0.2) is 0 Å². The van der Waals surface area contributed by atoms with Crippen LogP contribution in [0.5, 0.6) is 0 Å². The van der Waals surface area contributed by atoms with Gasteiger partial charge in [-0.15, -0.1) is 0 Å². The highest BCUT2D eigenvalue weighted by Gasteiger charge is 2.23. The first-order valence-electron chi connectivity index (χ1n) is 8.07. The molecule has 0 atom stereocenters. The number of sulfonamides is 1. The van der Waals surface area contributed by atoms with Crippen LogP contribution >= 0.6 is 11.6 Å². The standard InChI is InChI=1S/C19H23ClN2O3S/c1-11-8-13(19(3,4)5)9-12(2)17(11)26(24,25)22-14-6-7-15(18(21)23)16(20)10-14/h6-10,22H,1-5H3,(H2,21,23). The van der Waals surface area contributed by atoms with E-state index in [1.165, 1.54) is 18.2 Å². The Balaban J connectivity index is 2.46. The molecule has 2 aromatic rings. The van der Waals surface area contributed by atoms with Crippen LogP contribution in [0.2, 0.25) is 5.02 Å². The Kier molecular flexibility index (Phi) is 5.40. The number of nitrogens with two attached hydrogens (primary N) is 1. The summed E-state index contributed by atoms with van der Waals surface area (Å²) in [5, 5.41) is 0.0919. The molecule has 0 aliphatic carbocycles. The van der Waals surface area contributed by atoms with Crippen molar-refractivity contribution in [1.82, 2.24) is 0 Å². The summed E-state index contributed by atoms with van der Waals surface area (Å²) in [7, 11) is -3.81. The number of anilines is 1. The average molecular weight is 395 g/mol. The van der Waals surface area contributed by atoms with E-state index in [4.69, 9.17) is 17.3 Å². The van der Waals surface area contributed by atoms with E-state index >= 15 is 0 Å². The minimum Gasteiger partial charge on any atom is -0.366 e. The number of amides is 1. The summed E-state index contributed by atoms with van der Waals surface area (Å²) < 4.78 is 28.3. The molecule has 5 nitrogen and oxygen atoms in total. The number of carbonyl (C=O) groups excluding carboxylic acids is 1. The van der Waals surface area contributed by atoms with Crippen molar-refractivity contribution in [3.05, 3.63) is 57.6 Å². The third-order valence-corrected chi connectivity index (χ3v) is 6.08. The maximum atomic E-state index is 12.9. The number of hydrogen-bond acceptors (Lipinski definition) is 3. The molecule has 0 aromatic heterocycles. The number of halogens is 1. The third-order valence-electron chi connectivity index (χ3n) is 4.08. The third kappa shape index (κ3) is 4.19. The van der Waals surface area contributed by atoms with E-state index in [2.05, 4.69) is 25.5 Å². The lowest BCUT2D eigenvalue weighted by Crippen LogP contribution is -2.18. The number of hydrogen-bond donors (Lipinski definition) is 2. The normalized spacial score (nSPS) is 12.1. The maximum absolute atomic E-state index is 12.9. The highest BCUT2D eigenvalue weighted by atomic mass is 35.5. The predicted molar refractivity (Wildman–Crippen MR) is 105 cm³/mol. The average Bonchev–Trinajstić information content (AvgIpc) is 2.44. The smallest absolute Gasteiger partial charge is 0.262 e. The van der Waals surface area contributed by atoms with Crippen molar-refractivity contribution in [3.63, 3.8) is 0 Å². The summed E-state index contributed by atoms with van der Waals surface area (Å²) in [6.07, 6.45) is 0. The van der Waals surface area contributed by atoms with Gasteiger partial charge in [-0.3, -0.25) is 9.52 Å².